The van der Waals surface area contributed by atoms with Gasteiger partial charge in [0, 0.05) is 29.8 Å². The van der Waals surface area contributed by atoms with E-state index in [1.54, 1.807) is 55.7 Å². The van der Waals surface area contributed by atoms with Crippen LogP contribution in [0.15, 0.2) is 76.4 Å². The maximum atomic E-state index is 13.3. The van der Waals surface area contributed by atoms with Crippen molar-refractivity contribution < 1.29 is 17.9 Å². The van der Waals surface area contributed by atoms with E-state index in [0.29, 0.717) is 23.4 Å². The first-order valence-corrected chi connectivity index (χ1v) is 9.82. The molecule has 0 saturated heterocycles. The van der Waals surface area contributed by atoms with Gasteiger partial charge in [-0.25, -0.2) is 3.97 Å². The number of phenolic OH excluding ortho intramolecular Hbond substituents is 1. The molecule has 0 saturated carbocycles. The van der Waals surface area contributed by atoms with Crippen LogP contribution in [0.4, 0.5) is 0 Å². The SMILES string of the molecule is CNCc1cc(-c2cccc(O)c2)n(S(=O)(=O)c2cc3ccccc3o2)c1. The molecule has 0 fully saturated rings. The highest BCUT2D eigenvalue weighted by Crippen LogP contribution is 2.31. The van der Waals surface area contributed by atoms with Crippen molar-refractivity contribution in [2.45, 2.75) is 11.6 Å². The number of phenols is 1. The molecule has 4 rings (SSSR count). The number of nitrogens with one attached hydrogen (secondary N) is 1. The van der Waals surface area contributed by atoms with Crippen LogP contribution in [0.5, 0.6) is 5.75 Å². The van der Waals surface area contributed by atoms with E-state index in [1.165, 1.54) is 16.1 Å². The summed E-state index contributed by atoms with van der Waals surface area (Å²) in [6.07, 6.45) is 1.57. The zero-order valence-corrected chi connectivity index (χ0v) is 15.4. The molecular weight excluding hydrogens is 364 g/mol. The maximum absolute atomic E-state index is 13.3. The van der Waals surface area contributed by atoms with Crippen molar-refractivity contribution in [1.29, 1.82) is 0 Å². The minimum Gasteiger partial charge on any atom is -0.508 e. The monoisotopic (exact) mass is 382 g/mol. The summed E-state index contributed by atoms with van der Waals surface area (Å²) in [6, 6.07) is 17.0. The number of aromatic hydroxyl groups is 1. The zero-order valence-electron chi connectivity index (χ0n) is 14.6. The molecule has 0 aliphatic heterocycles. The van der Waals surface area contributed by atoms with Crippen LogP contribution in [-0.2, 0) is 16.6 Å². The number of furan rings is 1. The highest BCUT2D eigenvalue weighted by atomic mass is 32.2. The van der Waals surface area contributed by atoms with Gasteiger partial charge in [0.25, 0.3) is 0 Å². The molecule has 0 aliphatic rings. The summed E-state index contributed by atoms with van der Waals surface area (Å²) >= 11 is 0. The van der Waals surface area contributed by atoms with Gasteiger partial charge in [-0.1, -0.05) is 30.3 Å². The van der Waals surface area contributed by atoms with Gasteiger partial charge in [-0.15, -0.1) is 0 Å². The molecule has 7 heteroatoms. The van der Waals surface area contributed by atoms with E-state index in [4.69, 9.17) is 4.42 Å². The first kappa shape index (κ1) is 17.4. The van der Waals surface area contributed by atoms with Crippen LogP contribution in [0.3, 0.4) is 0 Å². The Kier molecular flexibility index (Phi) is 4.25. The average Bonchev–Trinajstić information content (AvgIpc) is 3.27. The number of hydrogen-bond donors (Lipinski definition) is 2. The van der Waals surface area contributed by atoms with E-state index in [0.717, 1.165) is 10.9 Å². The van der Waals surface area contributed by atoms with Crippen LogP contribution in [0.1, 0.15) is 5.56 Å². The molecule has 138 valence electrons. The van der Waals surface area contributed by atoms with E-state index in [2.05, 4.69) is 5.32 Å². The topological polar surface area (TPSA) is 84.5 Å². The molecule has 2 aromatic carbocycles. The summed E-state index contributed by atoms with van der Waals surface area (Å²) in [7, 11) is -2.16. The van der Waals surface area contributed by atoms with Gasteiger partial charge >= 0.3 is 10.0 Å². The van der Waals surface area contributed by atoms with Gasteiger partial charge in [-0.05, 0) is 36.9 Å². The van der Waals surface area contributed by atoms with Crippen LogP contribution in [0, 0.1) is 0 Å². The number of aromatic nitrogens is 1. The van der Waals surface area contributed by atoms with Gasteiger partial charge in [0.15, 0.2) is 0 Å². The Hall–Kier alpha value is -3.03. The number of rotatable bonds is 5. The molecule has 2 aromatic heterocycles. The van der Waals surface area contributed by atoms with Crippen LogP contribution in [0.25, 0.3) is 22.2 Å². The van der Waals surface area contributed by atoms with Crippen molar-refractivity contribution in [3.63, 3.8) is 0 Å². The predicted molar refractivity (Wildman–Crippen MR) is 103 cm³/mol. The maximum Gasteiger partial charge on any atom is 0.301 e. The Labute approximate surface area is 156 Å². The highest BCUT2D eigenvalue weighted by molar-refractivity contribution is 7.89. The Morgan fingerprint density at radius 1 is 1.07 bits per heavy atom. The predicted octanol–water partition coefficient (Wildman–Crippen LogP) is 3.56. The fraction of sp³-hybridized carbons (Fsp3) is 0.100. The molecule has 0 spiro atoms. The molecule has 0 aliphatic carbocycles. The molecule has 6 nitrogen and oxygen atoms in total. The molecule has 0 bridgehead atoms. The molecule has 27 heavy (non-hydrogen) atoms. The van der Waals surface area contributed by atoms with E-state index in [-0.39, 0.29) is 10.8 Å². The molecule has 4 aromatic rings. The molecule has 0 unspecified atom stereocenters. The van der Waals surface area contributed by atoms with Gasteiger partial charge in [-0.3, -0.25) is 0 Å². The lowest BCUT2D eigenvalue weighted by Gasteiger charge is -2.08. The molecule has 0 amide bonds. The first-order chi connectivity index (χ1) is 13.0. The summed E-state index contributed by atoms with van der Waals surface area (Å²) in [6.45, 7) is 0.508. The van der Waals surface area contributed by atoms with E-state index in [9.17, 15) is 13.5 Å². The van der Waals surface area contributed by atoms with Crippen LogP contribution in [0.2, 0.25) is 0 Å². The standard InChI is InChI=1S/C20H18N2O4S/c1-21-12-14-9-18(15-6-4-7-17(23)10-15)22(13-14)27(24,25)20-11-16-5-2-3-8-19(16)26-20/h2-11,13,21,23H,12H2,1H3. The summed E-state index contributed by atoms with van der Waals surface area (Å²) < 4.78 is 33.4. The zero-order chi connectivity index (χ0) is 19.0. The van der Waals surface area contributed by atoms with Crippen molar-refractivity contribution in [1.82, 2.24) is 9.29 Å². The minimum absolute atomic E-state index is 0.0663. The van der Waals surface area contributed by atoms with E-state index in [1.807, 2.05) is 6.07 Å². The van der Waals surface area contributed by atoms with Crippen molar-refractivity contribution in [3.8, 4) is 17.0 Å². The van der Waals surface area contributed by atoms with E-state index < -0.39 is 10.0 Å². The Morgan fingerprint density at radius 3 is 2.63 bits per heavy atom. The van der Waals surface area contributed by atoms with Crippen molar-refractivity contribution in [2.75, 3.05) is 7.05 Å². The molecule has 2 heterocycles. The van der Waals surface area contributed by atoms with Crippen LogP contribution >= 0.6 is 0 Å². The second kappa shape index (κ2) is 6.61. The summed E-state index contributed by atoms with van der Waals surface area (Å²) in [5.74, 6) is 0.0663. The number of nitrogens with zero attached hydrogens (tertiary/aromatic N) is 1. The quantitative estimate of drug-likeness (QED) is 0.551. The van der Waals surface area contributed by atoms with Crippen molar-refractivity contribution >= 4 is 21.0 Å². The minimum atomic E-state index is -3.95. The normalized spacial score (nSPS) is 11.9. The van der Waals surface area contributed by atoms with Gasteiger partial charge in [0.05, 0.1) is 5.69 Å². The summed E-state index contributed by atoms with van der Waals surface area (Å²) in [5, 5.41) is 13.4. The summed E-state index contributed by atoms with van der Waals surface area (Å²) in [4.78, 5) is 0. The Morgan fingerprint density at radius 2 is 1.89 bits per heavy atom. The second-order valence-electron chi connectivity index (χ2n) is 6.22. The van der Waals surface area contributed by atoms with Gasteiger partial charge in [0.2, 0.25) is 5.09 Å². The summed E-state index contributed by atoms with van der Waals surface area (Å²) in [5.41, 5.74) is 2.36. The van der Waals surface area contributed by atoms with Crippen LogP contribution in [-0.4, -0.2) is 24.5 Å². The Balaban J connectivity index is 1.91. The largest absolute Gasteiger partial charge is 0.508 e. The lowest BCUT2D eigenvalue weighted by molar-refractivity contribution is 0.475. The number of benzene rings is 2. The fourth-order valence-corrected chi connectivity index (χ4v) is 4.41. The van der Waals surface area contributed by atoms with Crippen molar-refractivity contribution in [3.05, 3.63) is 72.4 Å². The lowest BCUT2D eigenvalue weighted by Crippen LogP contribution is -2.12. The molecular formula is C20H18N2O4S. The highest BCUT2D eigenvalue weighted by Gasteiger charge is 2.25. The second-order valence-corrected chi connectivity index (χ2v) is 7.96. The third kappa shape index (κ3) is 3.11. The van der Waals surface area contributed by atoms with Gasteiger partial charge in [-0.2, -0.15) is 8.42 Å². The fourth-order valence-electron chi connectivity index (χ4n) is 3.05. The smallest absolute Gasteiger partial charge is 0.301 e. The number of hydrogen-bond acceptors (Lipinski definition) is 5. The third-order valence-corrected chi connectivity index (χ3v) is 5.81. The first-order valence-electron chi connectivity index (χ1n) is 8.38. The number of para-hydroxylation sites is 1. The van der Waals surface area contributed by atoms with E-state index >= 15 is 0 Å². The third-order valence-electron chi connectivity index (χ3n) is 4.28. The lowest BCUT2D eigenvalue weighted by atomic mass is 10.1. The average molecular weight is 382 g/mol. The molecule has 0 atom stereocenters. The van der Waals surface area contributed by atoms with Crippen molar-refractivity contribution in [2.24, 2.45) is 0 Å². The van der Waals surface area contributed by atoms with Crippen LogP contribution < -0.4 is 5.32 Å². The van der Waals surface area contributed by atoms with Gasteiger partial charge < -0.3 is 14.8 Å². The van der Waals surface area contributed by atoms with Gasteiger partial charge in [0.1, 0.15) is 11.3 Å². The molecule has 0 radical (unpaired) electrons. The number of fused-ring (bicyclic) bond motifs is 1. The Bertz CT molecular complexity index is 1190. The molecule has 2 N–H and O–H groups in total.